The van der Waals surface area contributed by atoms with Crippen LogP contribution >= 0.6 is 43.5 Å². The number of benzene rings is 2. The van der Waals surface area contributed by atoms with Gasteiger partial charge in [0.05, 0.1) is 17.0 Å². The molecule has 0 fully saturated rings. The minimum atomic E-state index is -0.319. The van der Waals surface area contributed by atoms with E-state index in [0.717, 1.165) is 10.0 Å². The molecule has 0 amide bonds. The van der Waals surface area contributed by atoms with Crippen LogP contribution in [0.4, 0.5) is 4.39 Å². The van der Waals surface area contributed by atoms with Gasteiger partial charge >= 0.3 is 0 Å². The van der Waals surface area contributed by atoms with Gasteiger partial charge in [-0.3, -0.25) is 0 Å². The quantitative estimate of drug-likeness (QED) is 0.589. The van der Waals surface area contributed by atoms with Crippen LogP contribution in [0.2, 0.25) is 5.02 Å². The van der Waals surface area contributed by atoms with E-state index in [0.29, 0.717) is 16.3 Å². The molecule has 0 saturated carbocycles. The van der Waals surface area contributed by atoms with Crippen LogP contribution in [0.15, 0.2) is 40.9 Å². The molecule has 0 aliphatic heterocycles. The van der Waals surface area contributed by atoms with Crippen LogP contribution in [0.1, 0.15) is 16.0 Å². The van der Waals surface area contributed by atoms with E-state index in [1.165, 1.54) is 13.2 Å². The van der Waals surface area contributed by atoms with Crippen molar-refractivity contribution >= 4 is 43.5 Å². The van der Waals surface area contributed by atoms with Crippen LogP contribution in [0.25, 0.3) is 0 Å². The maximum atomic E-state index is 14.0. The molecule has 0 spiro atoms. The van der Waals surface area contributed by atoms with E-state index in [4.69, 9.17) is 16.3 Å². The first kappa shape index (κ1) is 14.8. The Balaban J connectivity index is 2.38. The Bertz CT molecular complexity index is 604. The topological polar surface area (TPSA) is 9.23 Å². The fraction of sp³-hybridized carbons (Fsp3) is 0.143. The molecule has 2 rings (SSSR count). The highest BCUT2D eigenvalue weighted by Crippen LogP contribution is 2.36. The molecule has 2 aromatic rings. The molecule has 1 atom stereocenters. The second-order valence-corrected chi connectivity index (χ2v) is 6.10. The minimum absolute atomic E-state index is 0.260. The van der Waals surface area contributed by atoms with Crippen molar-refractivity contribution in [3.8, 4) is 5.75 Å². The first-order valence-corrected chi connectivity index (χ1v) is 7.54. The normalized spacial score (nSPS) is 12.3. The molecule has 5 heteroatoms. The predicted molar refractivity (Wildman–Crippen MR) is 82.9 cm³/mol. The van der Waals surface area contributed by atoms with Crippen molar-refractivity contribution in [1.82, 2.24) is 0 Å². The van der Waals surface area contributed by atoms with Crippen molar-refractivity contribution in [2.45, 2.75) is 4.83 Å². The van der Waals surface area contributed by atoms with Gasteiger partial charge in [0.1, 0.15) is 11.6 Å². The van der Waals surface area contributed by atoms with Crippen molar-refractivity contribution in [3.05, 3.63) is 62.8 Å². The first-order valence-electron chi connectivity index (χ1n) is 5.45. The van der Waals surface area contributed by atoms with E-state index in [1.807, 2.05) is 12.1 Å². The number of hydrogen-bond donors (Lipinski definition) is 0. The molecule has 19 heavy (non-hydrogen) atoms. The number of hydrogen-bond acceptors (Lipinski definition) is 1. The third-order valence-corrected chi connectivity index (χ3v) is 4.97. The van der Waals surface area contributed by atoms with Crippen LogP contribution in [-0.2, 0) is 0 Å². The Morgan fingerprint density at radius 3 is 2.53 bits per heavy atom. The summed E-state index contributed by atoms with van der Waals surface area (Å²) >= 11 is 12.9. The molecule has 0 aliphatic carbocycles. The third kappa shape index (κ3) is 3.30. The highest BCUT2D eigenvalue weighted by atomic mass is 79.9. The Morgan fingerprint density at radius 2 is 1.95 bits per heavy atom. The fourth-order valence-corrected chi connectivity index (χ4v) is 2.78. The Hall–Kier alpha value is -0.580. The minimum Gasteiger partial charge on any atom is -0.497 e. The Labute approximate surface area is 133 Å². The van der Waals surface area contributed by atoms with Gasteiger partial charge in [-0.15, -0.1) is 0 Å². The molecule has 0 radical (unpaired) electrons. The number of methoxy groups -OCH3 is 1. The smallest absolute Gasteiger partial charge is 0.131 e. The third-order valence-electron chi connectivity index (χ3n) is 2.72. The zero-order chi connectivity index (χ0) is 14.0. The molecule has 0 heterocycles. The Morgan fingerprint density at radius 1 is 1.21 bits per heavy atom. The number of alkyl halides is 1. The standard InChI is InChI=1S/C14H10Br2ClFO/c1-19-9-3-4-10(13(18)7-9)14(16)8-2-5-11(15)12(17)6-8/h2-7,14H,1H3. The molecule has 0 aliphatic rings. The van der Waals surface area contributed by atoms with Crippen molar-refractivity contribution in [1.29, 1.82) is 0 Å². The lowest BCUT2D eigenvalue weighted by molar-refractivity contribution is 0.411. The van der Waals surface area contributed by atoms with Gasteiger partial charge < -0.3 is 4.74 Å². The lowest BCUT2D eigenvalue weighted by atomic mass is 10.0. The van der Waals surface area contributed by atoms with Crippen molar-refractivity contribution in [3.63, 3.8) is 0 Å². The molecule has 2 aromatic carbocycles. The summed E-state index contributed by atoms with van der Waals surface area (Å²) < 4.78 is 19.8. The van der Waals surface area contributed by atoms with Crippen LogP contribution in [0.5, 0.6) is 5.75 Å². The summed E-state index contributed by atoms with van der Waals surface area (Å²) in [5, 5.41) is 0.593. The molecule has 100 valence electrons. The molecule has 0 bridgehead atoms. The average Bonchev–Trinajstić information content (AvgIpc) is 2.41. The molecular weight excluding hydrogens is 398 g/mol. The molecule has 0 N–H and O–H groups in total. The van der Waals surface area contributed by atoms with Gasteiger partial charge in [-0.25, -0.2) is 4.39 Å². The average molecular weight is 408 g/mol. The van der Waals surface area contributed by atoms with Crippen molar-refractivity contribution in [2.24, 2.45) is 0 Å². The zero-order valence-electron chi connectivity index (χ0n) is 9.96. The van der Waals surface area contributed by atoms with Crippen molar-refractivity contribution < 1.29 is 9.13 Å². The van der Waals surface area contributed by atoms with Crippen LogP contribution in [0, 0.1) is 5.82 Å². The number of halogens is 4. The molecular formula is C14H10Br2ClFO. The lowest BCUT2D eigenvalue weighted by Gasteiger charge is -2.13. The predicted octanol–water partition coefficient (Wildman–Crippen LogP) is 5.73. The van der Waals surface area contributed by atoms with E-state index in [2.05, 4.69) is 31.9 Å². The fourth-order valence-electron chi connectivity index (χ4n) is 1.69. The Kier molecular flexibility index (Phi) is 4.87. The summed E-state index contributed by atoms with van der Waals surface area (Å²) in [6.07, 6.45) is 0. The van der Waals surface area contributed by atoms with Crippen LogP contribution in [0.3, 0.4) is 0 Å². The summed E-state index contributed by atoms with van der Waals surface area (Å²) in [5.41, 5.74) is 1.43. The van der Waals surface area contributed by atoms with Crippen LogP contribution < -0.4 is 4.74 Å². The molecule has 1 unspecified atom stereocenters. The summed E-state index contributed by atoms with van der Waals surface area (Å²) in [5.74, 6) is 0.176. The second kappa shape index (κ2) is 6.25. The number of rotatable bonds is 3. The molecule has 0 aromatic heterocycles. The van der Waals surface area contributed by atoms with E-state index in [1.54, 1.807) is 18.2 Å². The molecule has 1 nitrogen and oxygen atoms in total. The number of ether oxygens (including phenoxy) is 1. The summed E-state index contributed by atoms with van der Waals surface area (Å²) in [7, 11) is 1.51. The SMILES string of the molecule is COc1ccc(C(Br)c2ccc(Br)c(Cl)c2)c(F)c1. The summed E-state index contributed by atoms with van der Waals surface area (Å²) in [6.45, 7) is 0. The van der Waals surface area contributed by atoms with Gasteiger partial charge in [0.2, 0.25) is 0 Å². The highest BCUT2D eigenvalue weighted by Gasteiger charge is 2.16. The van der Waals surface area contributed by atoms with Gasteiger partial charge in [-0.05, 0) is 39.7 Å². The van der Waals surface area contributed by atoms with Gasteiger partial charge in [0, 0.05) is 16.1 Å². The second-order valence-electron chi connectivity index (χ2n) is 3.92. The maximum Gasteiger partial charge on any atom is 0.131 e. The van der Waals surface area contributed by atoms with Gasteiger partial charge in [-0.2, -0.15) is 0 Å². The van der Waals surface area contributed by atoms with E-state index in [9.17, 15) is 4.39 Å². The van der Waals surface area contributed by atoms with E-state index in [-0.39, 0.29) is 10.6 Å². The lowest BCUT2D eigenvalue weighted by Crippen LogP contribution is -1.97. The van der Waals surface area contributed by atoms with Gasteiger partial charge in [-0.1, -0.05) is 39.7 Å². The summed E-state index contributed by atoms with van der Waals surface area (Å²) in [4.78, 5) is -0.260. The largest absolute Gasteiger partial charge is 0.497 e. The van der Waals surface area contributed by atoms with Crippen molar-refractivity contribution in [2.75, 3.05) is 7.11 Å². The van der Waals surface area contributed by atoms with E-state index >= 15 is 0 Å². The monoisotopic (exact) mass is 406 g/mol. The van der Waals surface area contributed by atoms with Crippen LogP contribution in [-0.4, -0.2) is 7.11 Å². The van der Waals surface area contributed by atoms with Gasteiger partial charge in [0.25, 0.3) is 0 Å². The first-order chi connectivity index (χ1) is 9.02. The molecule has 0 saturated heterocycles. The summed E-state index contributed by atoms with van der Waals surface area (Å²) in [6, 6.07) is 10.3. The maximum absolute atomic E-state index is 14.0. The van der Waals surface area contributed by atoms with Gasteiger partial charge in [0.15, 0.2) is 0 Å². The highest BCUT2D eigenvalue weighted by molar-refractivity contribution is 9.10. The zero-order valence-corrected chi connectivity index (χ0v) is 13.9. The van der Waals surface area contributed by atoms with E-state index < -0.39 is 0 Å².